The van der Waals surface area contributed by atoms with E-state index in [1.165, 1.54) is 16.4 Å². The Kier molecular flexibility index (Phi) is 7.24. The first-order valence-corrected chi connectivity index (χ1v) is 10.4. The van der Waals surface area contributed by atoms with Gasteiger partial charge in [0.05, 0.1) is 10.6 Å². The molecule has 0 amide bonds. The summed E-state index contributed by atoms with van der Waals surface area (Å²) >= 11 is 0. The van der Waals surface area contributed by atoms with Gasteiger partial charge < -0.3 is 0 Å². The van der Waals surface area contributed by atoms with Crippen LogP contribution in [0.15, 0.2) is 58.5 Å². The smallest absolute Gasteiger partial charge is 0.270 e. The Balaban J connectivity index is 2.36. The van der Waals surface area contributed by atoms with Gasteiger partial charge >= 0.3 is 0 Å². The van der Waals surface area contributed by atoms with Crippen molar-refractivity contribution in [2.45, 2.75) is 31.6 Å². The number of non-ortho nitro benzene ring substituents is 1. The zero-order valence-corrected chi connectivity index (χ0v) is 16.9. The van der Waals surface area contributed by atoms with Gasteiger partial charge in [0.15, 0.2) is 0 Å². The number of nitro benzene ring substituents is 1. The molecule has 1 N–H and O–H groups in total. The molecule has 150 valence electrons. The van der Waals surface area contributed by atoms with E-state index in [1.807, 2.05) is 37.3 Å². The number of hydrogen-bond acceptors (Lipinski definition) is 6. The van der Waals surface area contributed by atoms with E-state index in [1.54, 1.807) is 20.1 Å². The van der Waals surface area contributed by atoms with Gasteiger partial charge in [-0.15, -0.1) is 0 Å². The van der Waals surface area contributed by atoms with E-state index in [2.05, 4.69) is 10.5 Å². The Hall–Kier alpha value is -2.78. The molecule has 2 aromatic carbocycles. The first-order valence-electron chi connectivity index (χ1n) is 8.94. The third-order valence-electron chi connectivity index (χ3n) is 4.31. The van der Waals surface area contributed by atoms with Crippen LogP contribution in [-0.2, 0) is 10.0 Å². The lowest BCUT2D eigenvalue weighted by Gasteiger charge is -2.20. The van der Waals surface area contributed by atoms with Gasteiger partial charge in [0.2, 0.25) is 10.0 Å². The van der Waals surface area contributed by atoms with Crippen LogP contribution in [0, 0.1) is 10.1 Å². The molecule has 0 spiro atoms. The van der Waals surface area contributed by atoms with Gasteiger partial charge in [0, 0.05) is 37.4 Å². The lowest BCUT2D eigenvalue weighted by atomic mass is 10.0. The molecule has 9 heteroatoms. The maximum Gasteiger partial charge on any atom is 0.270 e. The Labute approximate surface area is 165 Å². The van der Waals surface area contributed by atoms with Crippen molar-refractivity contribution in [2.24, 2.45) is 5.10 Å². The van der Waals surface area contributed by atoms with E-state index in [0.29, 0.717) is 0 Å². The number of benzene rings is 2. The number of rotatable bonds is 9. The Morgan fingerprint density at radius 3 is 2.39 bits per heavy atom. The van der Waals surface area contributed by atoms with Crippen LogP contribution in [0.1, 0.15) is 32.3 Å². The molecule has 0 aliphatic carbocycles. The maximum atomic E-state index is 12.9. The van der Waals surface area contributed by atoms with E-state index in [0.717, 1.165) is 11.6 Å². The van der Waals surface area contributed by atoms with Crippen LogP contribution in [0.5, 0.6) is 0 Å². The molecule has 28 heavy (non-hydrogen) atoms. The molecular weight excluding hydrogens is 380 g/mol. The third-order valence-corrected chi connectivity index (χ3v) is 6.40. The SMILES string of the molecule is CCN(CC)S(=O)(=O)c1cc([N+](=O)[O-])ccc1NN=CC(C)c1ccccc1. The van der Waals surface area contributed by atoms with Crippen molar-refractivity contribution in [3.63, 3.8) is 0 Å². The molecule has 0 radical (unpaired) electrons. The number of sulfonamides is 1. The van der Waals surface area contributed by atoms with Gasteiger partial charge in [-0.05, 0) is 11.6 Å². The average molecular weight is 404 g/mol. The second-order valence-electron chi connectivity index (χ2n) is 6.12. The molecule has 0 saturated carbocycles. The summed E-state index contributed by atoms with van der Waals surface area (Å²) in [4.78, 5) is 10.3. The van der Waals surface area contributed by atoms with E-state index in [-0.39, 0.29) is 35.3 Å². The van der Waals surface area contributed by atoms with Crippen molar-refractivity contribution in [3.05, 3.63) is 64.2 Å². The van der Waals surface area contributed by atoms with Crippen LogP contribution >= 0.6 is 0 Å². The Morgan fingerprint density at radius 2 is 1.82 bits per heavy atom. The topological polar surface area (TPSA) is 105 Å². The summed E-state index contributed by atoms with van der Waals surface area (Å²) in [6, 6.07) is 13.4. The fourth-order valence-electron chi connectivity index (χ4n) is 2.69. The molecule has 1 unspecified atom stereocenters. The highest BCUT2D eigenvalue weighted by Crippen LogP contribution is 2.29. The van der Waals surface area contributed by atoms with E-state index in [9.17, 15) is 18.5 Å². The molecule has 0 bridgehead atoms. The standard InChI is InChI=1S/C19H24N4O4S/c1-4-22(5-2)28(26,27)19-13-17(23(24)25)11-12-18(19)21-20-14-15(3)16-9-7-6-8-10-16/h6-15,21H,4-5H2,1-3H3. The van der Waals surface area contributed by atoms with Crippen LogP contribution in [-0.4, -0.2) is 37.0 Å². The minimum absolute atomic E-state index is 0.00888. The predicted octanol–water partition coefficient (Wildman–Crippen LogP) is 3.83. The zero-order valence-electron chi connectivity index (χ0n) is 16.1. The lowest BCUT2D eigenvalue weighted by Crippen LogP contribution is -2.31. The van der Waals surface area contributed by atoms with Crippen molar-refractivity contribution in [2.75, 3.05) is 18.5 Å². The largest absolute Gasteiger partial charge is 0.277 e. The highest BCUT2D eigenvalue weighted by Gasteiger charge is 2.27. The zero-order chi connectivity index (χ0) is 20.7. The minimum atomic E-state index is -3.90. The molecule has 2 rings (SSSR count). The molecule has 8 nitrogen and oxygen atoms in total. The summed E-state index contributed by atoms with van der Waals surface area (Å²) in [6.45, 7) is 5.91. The second-order valence-corrected chi connectivity index (χ2v) is 8.02. The van der Waals surface area contributed by atoms with E-state index >= 15 is 0 Å². The van der Waals surface area contributed by atoms with Gasteiger partial charge in [-0.25, -0.2) is 8.42 Å². The van der Waals surface area contributed by atoms with Crippen molar-refractivity contribution >= 4 is 27.6 Å². The van der Waals surface area contributed by atoms with Crippen molar-refractivity contribution < 1.29 is 13.3 Å². The third kappa shape index (κ3) is 4.93. The maximum absolute atomic E-state index is 12.9. The molecule has 0 fully saturated rings. The number of anilines is 1. The summed E-state index contributed by atoms with van der Waals surface area (Å²) in [7, 11) is -3.90. The fourth-order valence-corrected chi connectivity index (χ4v) is 4.31. The molecule has 0 saturated heterocycles. The summed E-state index contributed by atoms with van der Waals surface area (Å²) in [5, 5.41) is 15.3. The lowest BCUT2D eigenvalue weighted by molar-refractivity contribution is -0.385. The number of nitrogens with one attached hydrogen (secondary N) is 1. The molecular formula is C19H24N4O4S. The van der Waals surface area contributed by atoms with Gasteiger partial charge in [-0.1, -0.05) is 51.1 Å². The second kappa shape index (κ2) is 9.43. The van der Waals surface area contributed by atoms with Gasteiger partial charge in [-0.3, -0.25) is 15.5 Å². The normalized spacial score (nSPS) is 13.0. The Morgan fingerprint density at radius 1 is 1.18 bits per heavy atom. The van der Waals surface area contributed by atoms with Crippen LogP contribution in [0.25, 0.3) is 0 Å². The van der Waals surface area contributed by atoms with Crippen molar-refractivity contribution in [3.8, 4) is 0 Å². The predicted molar refractivity (Wildman–Crippen MR) is 110 cm³/mol. The van der Waals surface area contributed by atoms with Gasteiger partial charge in [0.1, 0.15) is 4.90 Å². The van der Waals surface area contributed by atoms with Crippen LogP contribution < -0.4 is 5.43 Å². The van der Waals surface area contributed by atoms with E-state index in [4.69, 9.17) is 0 Å². The average Bonchev–Trinajstić information content (AvgIpc) is 2.69. The molecule has 1 atom stereocenters. The van der Waals surface area contributed by atoms with Gasteiger partial charge in [0.25, 0.3) is 5.69 Å². The van der Waals surface area contributed by atoms with Crippen LogP contribution in [0.3, 0.4) is 0 Å². The molecule has 2 aromatic rings. The van der Waals surface area contributed by atoms with E-state index < -0.39 is 14.9 Å². The van der Waals surface area contributed by atoms with Gasteiger partial charge in [-0.2, -0.15) is 9.41 Å². The molecule has 0 aliphatic rings. The van der Waals surface area contributed by atoms with Crippen LogP contribution in [0.4, 0.5) is 11.4 Å². The summed E-state index contributed by atoms with van der Waals surface area (Å²) in [5.74, 6) is 0.00888. The molecule has 0 aliphatic heterocycles. The van der Waals surface area contributed by atoms with Crippen LogP contribution in [0.2, 0.25) is 0 Å². The van der Waals surface area contributed by atoms with Crippen molar-refractivity contribution in [1.29, 1.82) is 0 Å². The molecule has 0 aromatic heterocycles. The minimum Gasteiger partial charge on any atom is -0.277 e. The van der Waals surface area contributed by atoms with Crippen molar-refractivity contribution in [1.82, 2.24) is 4.31 Å². The number of hydrazone groups is 1. The monoisotopic (exact) mass is 404 g/mol. The first-order chi connectivity index (χ1) is 13.3. The fraction of sp³-hybridized carbons (Fsp3) is 0.316. The quantitative estimate of drug-likeness (QED) is 0.388. The summed E-state index contributed by atoms with van der Waals surface area (Å²) in [5.41, 5.74) is 3.69. The number of nitrogens with zero attached hydrogens (tertiary/aromatic N) is 3. The molecule has 0 heterocycles. The summed E-state index contributed by atoms with van der Waals surface area (Å²) in [6.07, 6.45) is 1.66. The summed E-state index contributed by atoms with van der Waals surface area (Å²) < 4.78 is 27.1. The highest BCUT2D eigenvalue weighted by atomic mass is 32.2. The first kappa shape index (κ1) is 21.5. The highest BCUT2D eigenvalue weighted by molar-refractivity contribution is 7.89. The number of nitro groups is 1. The number of hydrogen-bond donors (Lipinski definition) is 1. The Bertz CT molecular complexity index is 942.